The molecule has 1 aliphatic heterocycles. The van der Waals surface area contributed by atoms with Gasteiger partial charge in [0.15, 0.2) is 0 Å². The third kappa shape index (κ3) is 2.70. The second-order valence-corrected chi connectivity index (χ2v) is 4.58. The minimum absolute atomic E-state index is 0.345. The number of nitrogens with zero attached hydrogens (tertiary/aromatic N) is 2. The van der Waals surface area contributed by atoms with E-state index in [9.17, 15) is 5.11 Å². The third-order valence-corrected chi connectivity index (χ3v) is 3.08. The largest absolute Gasteiger partial charge is 0.387 e. The highest BCUT2D eigenvalue weighted by Crippen LogP contribution is 2.28. The molecule has 0 aromatic carbocycles. The highest BCUT2D eigenvalue weighted by Gasteiger charge is 2.42. The zero-order valence-electron chi connectivity index (χ0n) is 9.16. The predicted octanol–water partition coefficient (Wildman–Crippen LogP) is 1.38. The lowest BCUT2D eigenvalue weighted by Crippen LogP contribution is -2.64. The molecule has 3 heteroatoms. The molecule has 1 N–H and O–H groups in total. The molecule has 0 spiro atoms. The molecule has 1 aliphatic rings. The normalized spacial score (nSPS) is 20.5. The van der Waals surface area contributed by atoms with Crippen molar-refractivity contribution >= 4 is 0 Å². The van der Waals surface area contributed by atoms with Crippen molar-refractivity contribution < 1.29 is 5.11 Å². The van der Waals surface area contributed by atoms with E-state index in [4.69, 9.17) is 5.26 Å². The van der Waals surface area contributed by atoms with Crippen molar-refractivity contribution in [2.24, 2.45) is 5.92 Å². The molecular formula is C11H20N2O. The third-order valence-electron chi connectivity index (χ3n) is 3.08. The number of nitriles is 1. The van der Waals surface area contributed by atoms with Crippen LogP contribution in [0.4, 0.5) is 0 Å². The van der Waals surface area contributed by atoms with Crippen LogP contribution in [-0.2, 0) is 0 Å². The highest BCUT2D eigenvalue weighted by atomic mass is 16.3. The maximum absolute atomic E-state index is 9.97. The summed E-state index contributed by atoms with van der Waals surface area (Å²) in [6.45, 7) is 6.76. The van der Waals surface area contributed by atoms with Gasteiger partial charge in [-0.25, -0.2) is 0 Å². The average Bonchev–Trinajstić information content (AvgIpc) is 2.08. The number of hydrogen-bond acceptors (Lipinski definition) is 3. The van der Waals surface area contributed by atoms with Crippen LogP contribution in [0.2, 0.25) is 0 Å². The van der Waals surface area contributed by atoms with Crippen LogP contribution >= 0.6 is 0 Å². The van der Waals surface area contributed by atoms with Gasteiger partial charge >= 0.3 is 0 Å². The lowest BCUT2D eigenvalue weighted by Gasteiger charge is -2.49. The van der Waals surface area contributed by atoms with Gasteiger partial charge < -0.3 is 5.11 Å². The van der Waals surface area contributed by atoms with Crippen molar-refractivity contribution in [3.8, 4) is 6.07 Å². The SMILES string of the molecule is CC(C)C1(O)CN(CCCCC#N)C1. The van der Waals surface area contributed by atoms with Gasteiger partial charge in [-0.3, -0.25) is 4.90 Å². The quantitative estimate of drug-likeness (QED) is 0.676. The first-order chi connectivity index (χ1) is 6.58. The summed E-state index contributed by atoms with van der Waals surface area (Å²) in [7, 11) is 0. The first-order valence-electron chi connectivity index (χ1n) is 5.40. The van der Waals surface area contributed by atoms with E-state index in [-0.39, 0.29) is 0 Å². The molecule has 0 atom stereocenters. The Bertz CT molecular complexity index is 214. The molecule has 0 aliphatic carbocycles. The zero-order chi connectivity index (χ0) is 10.6. The molecule has 0 aromatic rings. The van der Waals surface area contributed by atoms with Crippen LogP contribution in [0.15, 0.2) is 0 Å². The zero-order valence-corrected chi connectivity index (χ0v) is 9.16. The Morgan fingerprint density at radius 2 is 2.07 bits per heavy atom. The Balaban J connectivity index is 2.07. The molecular weight excluding hydrogens is 176 g/mol. The van der Waals surface area contributed by atoms with E-state index < -0.39 is 5.60 Å². The van der Waals surface area contributed by atoms with Crippen LogP contribution in [-0.4, -0.2) is 35.2 Å². The molecule has 0 aromatic heterocycles. The molecule has 0 amide bonds. The summed E-state index contributed by atoms with van der Waals surface area (Å²) in [5.74, 6) is 0.345. The molecule has 0 bridgehead atoms. The molecule has 1 fully saturated rings. The summed E-state index contributed by atoms with van der Waals surface area (Å²) in [5.41, 5.74) is -0.449. The van der Waals surface area contributed by atoms with Gasteiger partial charge in [-0.1, -0.05) is 13.8 Å². The molecule has 80 valence electrons. The standard InChI is InChI=1S/C11H20N2O/c1-10(2)11(14)8-13(9-11)7-5-3-4-6-12/h10,14H,3-5,7-9H2,1-2H3. The van der Waals surface area contributed by atoms with Crippen LogP contribution in [0.25, 0.3) is 0 Å². The van der Waals surface area contributed by atoms with Gasteiger partial charge in [0.2, 0.25) is 0 Å². The molecule has 0 saturated carbocycles. The molecule has 1 heterocycles. The lowest BCUT2D eigenvalue weighted by molar-refractivity contribution is -0.127. The van der Waals surface area contributed by atoms with Crippen LogP contribution in [0, 0.1) is 17.2 Å². The van der Waals surface area contributed by atoms with Crippen LogP contribution in [0.5, 0.6) is 0 Å². The molecule has 3 nitrogen and oxygen atoms in total. The van der Waals surface area contributed by atoms with Crippen molar-refractivity contribution in [2.45, 2.75) is 38.7 Å². The first kappa shape index (κ1) is 11.5. The summed E-state index contributed by atoms with van der Waals surface area (Å²) in [6, 6.07) is 2.14. The number of likely N-dealkylation sites (tertiary alicyclic amines) is 1. The summed E-state index contributed by atoms with van der Waals surface area (Å²) < 4.78 is 0. The van der Waals surface area contributed by atoms with Gasteiger partial charge in [0.05, 0.1) is 11.7 Å². The van der Waals surface area contributed by atoms with E-state index in [0.717, 1.165) is 32.5 Å². The van der Waals surface area contributed by atoms with E-state index in [1.165, 1.54) is 0 Å². The van der Waals surface area contributed by atoms with Crippen molar-refractivity contribution in [3.63, 3.8) is 0 Å². The Morgan fingerprint density at radius 3 is 2.57 bits per heavy atom. The van der Waals surface area contributed by atoms with Crippen LogP contribution < -0.4 is 0 Å². The van der Waals surface area contributed by atoms with Gasteiger partial charge in [0.1, 0.15) is 0 Å². The van der Waals surface area contributed by atoms with Crippen LogP contribution in [0.1, 0.15) is 33.1 Å². The molecule has 0 unspecified atom stereocenters. The summed E-state index contributed by atoms with van der Waals surface area (Å²) in [5, 5.41) is 18.3. The van der Waals surface area contributed by atoms with Crippen molar-refractivity contribution in [1.29, 1.82) is 5.26 Å². The Morgan fingerprint density at radius 1 is 1.43 bits per heavy atom. The summed E-state index contributed by atoms with van der Waals surface area (Å²) in [6.07, 6.45) is 2.71. The maximum Gasteiger partial charge on any atom is 0.0922 e. The fourth-order valence-electron chi connectivity index (χ4n) is 1.79. The average molecular weight is 196 g/mol. The Hall–Kier alpha value is -0.590. The number of rotatable bonds is 5. The number of β-amino-alcohol motifs (C(OH)–C–C–N with tert-alkyl or cyclic N) is 1. The fourth-order valence-corrected chi connectivity index (χ4v) is 1.79. The minimum Gasteiger partial charge on any atom is -0.387 e. The topological polar surface area (TPSA) is 47.3 Å². The van der Waals surface area contributed by atoms with Crippen LogP contribution in [0.3, 0.4) is 0 Å². The summed E-state index contributed by atoms with van der Waals surface area (Å²) >= 11 is 0. The molecule has 1 saturated heterocycles. The highest BCUT2D eigenvalue weighted by molar-refractivity contribution is 4.97. The second kappa shape index (κ2) is 4.77. The van der Waals surface area contributed by atoms with E-state index in [1.54, 1.807) is 0 Å². The van der Waals surface area contributed by atoms with E-state index in [2.05, 4.69) is 24.8 Å². The van der Waals surface area contributed by atoms with E-state index >= 15 is 0 Å². The van der Waals surface area contributed by atoms with Crippen molar-refractivity contribution in [2.75, 3.05) is 19.6 Å². The molecule has 0 radical (unpaired) electrons. The second-order valence-electron chi connectivity index (χ2n) is 4.58. The Kier molecular flexibility index (Phi) is 3.91. The van der Waals surface area contributed by atoms with Gasteiger partial charge in [0, 0.05) is 19.5 Å². The number of aliphatic hydroxyl groups is 1. The number of unbranched alkanes of at least 4 members (excludes halogenated alkanes) is 2. The monoisotopic (exact) mass is 196 g/mol. The van der Waals surface area contributed by atoms with E-state index in [0.29, 0.717) is 12.3 Å². The van der Waals surface area contributed by atoms with E-state index in [1.807, 2.05) is 0 Å². The van der Waals surface area contributed by atoms with Gasteiger partial charge in [0.25, 0.3) is 0 Å². The van der Waals surface area contributed by atoms with Crippen molar-refractivity contribution in [1.82, 2.24) is 4.90 Å². The predicted molar refractivity (Wildman–Crippen MR) is 55.7 cm³/mol. The van der Waals surface area contributed by atoms with Gasteiger partial charge in [-0.2, -0.15) is 5.26 Å². The maximum atomic E-state index is 9.97. The summed E-state index contributed by atoms with van der Waals surface area (Å²) in [4.78, 5) is 2.26. The smallest absolute Gasteiger partial charge is 0.0922 e. The number of hydrogen-bond donors (Lipinski definition) is 1. The first-order valence-corrected chi connectivity index (χ1v) is 5.40. The van der Waals surface area contributed by atoms with Gasteiger partial charge in [-0.05, 0) is 25.3 Å². The lowest BCUT2D eigenvalue weighted by atomic mass is 9.83. The molecule has 14 heavy (non-hydrogen) atoms. The van der Waals surface area contributed by atoms with Gasteiger partial charge in [-0.15, -0.1) is 0 Å². The minimum atomic E-state index is -0.449. The van der Waals surface area contributed by atoms with Crippen molar-refractivity contribution in [3.05, 3.63) is 0 Å². The Labute approximate surface area is 86.3 Å². The fraction of sp³-hybridized carbons (Fsp3) is 0.909. The molecule has 1 rings (SSSR count).